The van der Waals surface area contributed by atoms with E-state index in [0.717, 1.165) is 37.3 Å². The Bertz CT molecular complexity index is 589. The van der Waals surface area contributed by atoms with Gasteiger partial charge in [-0.2, -0.15) is 5.10 Å². The Labute approximate surface area is 134 Å². The van der Waals surface area contributed by atoms with Crippen molar-refractivity contribution in [1.82, 2.24) is 10.2 Å². The Morgan fingerprint density at radius 1 is 1.09 bits per heavy atom. The van der Waals surface area contributed by atoms with Gasteiger partial charge in [0.15, 0.2) is 0 Å². The van der Waals surface area contributed by atoms with Crippen molar-refractivity contribution in [2.24, 2.45) is 0 Å². The number of ether oxygens (including phenoxy) is 1. The molecule has 2 aromatic rings. The number of rotatable bonds is 6. The molecule has 0 saturated carbocycles. The van der Waals surface area contributed by atoms with Crippen LogP contribution in [0.3, 0.4) is 0 Å². The summed E-state index contributed by atoms with van der Waals surface area (Å²) >= 11 is 0. The summed E-state index contributed by atoms with van der Waals surface area (Å²) in [6.45, 7) is 11.6. The standard InChI is InChI=1S/C19H28N2O/c1-14-16(15(2)21-20-14)10-8-9-13-22-18-12-7-6-11-17(18)19(3,4)5/h6-7,11-12H,8-10,13H2,1-5H3,(H,20,21). The average Bonchev–Trinajstić information content (AvgIpc) is 2.78. The van der Waals surface area contributed by atoms with Gasteiger partial charge < -0.3 is 4.74 Å². The van der Waals surface area contributed by atoms with Gasteiger partial charge in [-0.05, 0) is 55.7 Å². The zero-order chi connectivity index (χ0) is 16.2. The number of aromatic amines is 1. The molecule has 0 saturated heterocycles. The first-order chi connectivity index (χ1) is 10.4. The fraction of sp³-hybridized carbons (Fsp3) is 0.526. The monoisotopic (exact) mass is 300 g/mol. The normalized spacial score (nSPS) is 11.7. The first-order valence-electron chi connectivity index (χ1n) is 8.12. The Hall–Kier alpha value is -1.77. The average molecular weight is 300 g/mol. The number of nitrogens with one attached hydrogen (secondary N) is 1. The molecule has 0 aliphatic carbocycles. The third-order valence-corrected chi connectivity index (χ3v) is 4.05. The zero-order valence-electron chi connectivity index (χ0n) is 14.5. The molecule has 1 heterocycles. The largest absolute Gasteiger partial charge is 0.493 e. The van der Waals surface area contributed by atoms with Crippen LogP contribution in [-0.4, -0.2) is 16.8 Å². The second-order valence-corrected chi connectivity index (χ2v) is 6.96. The van der Waals surface area contributed by atoms with E-state index in [0.29, 0.717) is 0 Å². The van der Waals surface area contributed by atoms with Crippen LogP contribution in [-0.2, 0) is 11.8 Å². The highest BCUT2D eigenvalue weighted by atomic mass is 16.5. The van der Waals surface area contributed by atoms with E-state index in [1.165, 1.54) is 16.8 Å². The number of benzene rings is 1. The van der Waals surface area contributed by atoms with Crippen LogP contribution in [0.4, 0.5) is 0 Å². The molecule has 3 heteroatoms. The number of para-hydroxylation sites is 1. The molecule has 0 bridgehead atoms. The van der Waals surface area contributed by atoms with Crippen molar-refractivity contribution in [2.45, 2.75) is 59.3 Å². The van der Waals surface area contributed by atoms with Crippen LogP contribution in [0.5, 0.6) is 5.75 Å². The molecule has 22 heavy (non-hydrogen) atoms. The minimum Gasteiger partial charge on any atom is -0.493 e. The summed E-state index contributed by atoms with van der Waals surface area (Å²) in [4.78, 5) is 0. The lowest BCUT2D eigenvalue weighted by molar-refractivity contribution is 0.299. The molecule has 0 spiro atoms. The molecule has 0 unspecified atom stereocenters. The van der Waals surface area contributed by atoms with Crippen LogP contribution in [0.2, 0.25) is 0 Å². The lowest BCUT2D eigenvalue weighted by atomic mass is 9.86. The van der Waals surface area contributed by atoms with Crippen LogP contribution in [0.25, 0.3) is 0 Å². The first-order valence-corrected chi connectivity index (χ1v) is 8.12. The van der Waals surface area contributed by atoms with Gasteiger partial charge in [0, 0.05) is 5.69 Å². The van der Waals surface area contributed by atoms with Gasteiger partial charge in [0.25, 0.3) is 0 Å². The number of H-pyrrole nitrogens is 1. The van der Waals surface area contributed by atoms with E-state index < -0.39 is 0 Å². The Morgan fingerprint density at radius 2 is 1.82 bits per heavy atom. The third-order valence-electron chi connectivity index (χ3n) is 4.05. The van der Waals surface area contributed by atoms with Crippen LogP contribution < -0.4 is 4.74 Å². The zero-order valence-corrected chi connectivity index (χ0v) is 14.5. The highest BCUT2D eigenvalue weighted by Crippen LogP contribution is 2.31. The van der Waals surface area contributed by atoms with Crippen molar-refractivity contribution < 1.29 is 4.74 Å². The fourth-order valence-electron chi connectivity index (χ4n) is 2.74. The summed E-state index contributed by atoms with van der Waals surface area (Å²) in [6.07, 6.45) is 3.25. The summed E-state index contributed by atoms with van der Waals surface area (Å²) in [5, 5.41) is 7.29. The van der Waals surface area contributed by atoms with Crippen LogP contribution in [0.15, 0.2) is 24.3 Å². The third kappa shape index (κ3) is 4.12. The maximum absolute atomic E-state index is 6.02. The molecule has 3 nitrogen and oxygen atoms in total. The van der Waals surface area contributed by atoms with Crippen LogP contribution in [0, 0.1) is 13.8 Å². The van der Waals surface area contributed by atoms with Gasteiger partial charge in [-0.25, -0.2) is 0 Å². The van der Waals surface area contributed by atoms with Gasteiger partial charge in [0.1, 0.15) is 5.75 Å². The summed E-state index contributed by atoms with van der Waals surface area (Å²) in [6, 6.07) is 8.36. The molecule has 0 aliphatic rings. The molecule has 1 N–H and O–H groups in total. The van der Waals surface area contributed by atoms with Gasteiger partial charge in [0.2, 0.25) is 0 Å². The molecule has 0 atom stereocenters. The molecule has 0 fully saturated rings. The minimum absolute atomic E-state index is 0.113. The molecule has 0 amide bonds. The highest BCUT2D eigenvalue weighted by Gasteiger charge is 2.18. The number of hydrogen-bond donors (Lipinski definition) is 1. The van der Waals surface area contributed by atoms with Crippen molar-refractivity contribution in [3.8, 4) is 5.75 Å². The van der Waals surface area contributed by atoms with Crippen molar-refractivity contribution in [2.75, 3.05) is 6.61 Å². The van der Waals surface area contributed by atoms with E-state index >= 15 is 0 Å². The van der Waals surface area contributed by atoms with E-state index in [1.54, 1.807) is 0 Å². The summed E-state index contributed by atoms with van der Waals surface area (Å²) in [5.74, 6) is 1.02. The molecule has 1 aromatic heterocycles. The van der Waals surface area contributed by atoms with E-state index in [9.17, 15) is 0 Å². The molecular formula is C19H28N2O. The molecule has 1 aromatic carbocycles. The van der Waals surface area contributed by atoms with Gasteiger partial charge >= 0.3 is 0 Å². The Kier molecular flexibility index (Phi) is 5.28. The van der Waals surface area contributed by atoms with Gasteiger partial charge in [-0.1, -0.05) is 39.0 Å². The molecule has 2 rings (SSSR count). The van der Waals surface area contributed by atoms with Crippen LogP contribution >= 0.6 is 0 Å². The van der Waals surface area contributed by atoms with E-state index in [2.05, 4.69) is 63.0 Å². The van der Waals surface area contributed by atoms with Gasteiger partial charge in [-0.15, -0.1) is 0 Å². The van der Waals surface area contributed by atoms with E-state index in [1.807, 2.05) is 6.07 Å². The lowest BCUT2D eigenvalue weighted by Crippen LogP contribution is -2.13. The molecule has 120 valence electrons. The van der Waals surface area contributed by atoms with Crippen molar-refractivity contribution >= 4 is 0 Å². The van der Waals surface area contributed by atoms with E-state index in [-0.39, 0.29) is 5.41 Å². The topological polar surface area (TPSA) is 37.9 Å². The maximum atomic E-state index is 6.02. The molecule has 0 aliphatic heterocycles. The Balaban J connectivity index is 1.83. The van der Waals surface area contributed by atoms with Gasteiger partial charge in [0.05, 0.1) is 12.3 Å². The van der Waals surface area contributed by atoms with Crippen molar-refractivity contribution in [3.63, 3.8) is 0 Å². The fourth-order valence-corrected chi connectivity index (χ4v) is 2.74. The molecular weight excluding hydrogens is 272 g/mol. The number of aromatic nitrogens is 2. The first kappa shape index (κ1) is 16.6. The maximum Gasteiger partial charge on any atom is 0.123 e. The predicted octanol–water partition coefficient (Wildman–Crippen LogP) is 4.73. The number of hydrogen-bond acceptors (Lipinski definition) is 2. The molecule has 0 radical (unpaired) electrons. The summed E-state index contributed by atoms with van der Waals surface area (Å²) in [5.41, 5.74) is 5.06. The van der Waals surface area contributed by atoms with Crippen molar-refractivity contribution in [1.29, 1.82) is 0 Å². The number of aryl methyl sites for hydroxylation is 2. The number of unbranched alkanes of at least 4 members (excludes halogenated alkanes) is 1. The quantitative estimate of drug-likeness (QED) is 0.783. The lowest BCUT2D eigenvalue weighted by Gasteiger charge is -2.22. The van der Waals surface area contributed by atoms with Crippen molar-refractivity contribution in [3.05, 3.63) is 46.8 Å². The minimum atomic E-state index is 0.113. The second-order valence-electron chi connectivity index (χ2n) is 6.96. The number of nitrogens with zero attached hydrogens (tertiary/aromatic N) is 1. The van der Waals surface area contributed by atoms with Crippen LogP contribution in [0.1, 0.15) is 56.1 Å². The summed E-state index contributed by atoms with van der Waals surface area (Å²) in [7, 11) is 0. The second kappa shape index (κ2) is 6.99. The Morgan fingerprint density at radius 3 is 2.45 bits per heavy atom. The smallest absolute Gasteiger partial charge is 0.123 e. The van der Waals surface area contributed by atoms with E-state index in [4.69, 9.17) is 4.74 Å². The predicted molar refractivity (Wildman–Crippen MR) is 91.6 cm³/mol. The SMILES string of the molecule is Cc1n[nH]c(C)c1CCCCOc1ccccc1C(C)(C)C. The highest BCUT2D eigenvalue weighted by molar-refractivity contribution is 5.38. The summed E-state index contributed by atoms with van der Waals surface area (Å²) < 4.78 is 6.02. The van der Waals surface area contributed by atoms with Gasteiger partial charge in [-0.3, -0.25) is 5.10 Å².